The van der Waals surface area contributed by atoms with Gasteiger partial charge in [-0.1, -0.05) is 0 Å². The molecule has 0 spiro atoms. The molecule has 0 nitrogen and oxygen atoms in total. The Hall–Kier alpha value is -0.673. The molecule has 0 aliphatic carbocycles. The van der Waals surface area contributed by atoms with E-state index in [0.717, 1.165) is 0 Å². The van der Waals surface area contributed by atoms with Crippen molar-refractivity contribution < 1.29 is 54.2 Å². The van der Waals surface area contributed by atoms with Crippen molar-refractivity contribution in [2.45, 2.75) is 0 Å². The van der Waals surface area contributed by atoms with E-state index >= 15 is 0 Å². The third-order valence-corrected chi connectivity index (χ3v) is 1.82. The molecule has 0 radical (unpaired) electrons. The smallest absolute Gasteiger partial charge is 1.00 e. The minimum absolute atomic E-state index is 0. The molecular formula is C18H15CeCl. The first kappa shape index (κ1) is 21.6. The van der Waals surface area contributed by atoms with E-state index < -0.39 is 0 Å². The Balaban J connectivity index is 0. The van der Waals surface area contributed by atoms with Crippen LogP contribution in [0.15, 0.2) is 91.0 Å². The molecule has 0 aliphatic rings. The van der Waals surface area contributed by atoms with Crippen LogP contribution in [0.25, 0.3) is 0 Å². The first-order valence-electron chi connectivity index (χ1n) is 5.73. The normalized spacial score (nSPS) is 7.20. The fourth-order valence-corrected chi connectivity index (χ4v) is 1.03. The zero-order valence-electron chi connectivity index (χ0n) is 11.0. The van der Waals surface area contributed by atoms with Gasteiger partial charge in [-0.2, -0.15) is 109 Å². The third kappa shape index (κ3) is 15.4. The topological polar surface area (TPSA) is 0 Å². The number of hydrogen-bond acceptors (Lipinski definition) is 0. The molecule has 0 saturated heterocycles. The van der Waals surface area contributed by atoms with Crippen LogP contribution in [0, 0.1) is 59.9 Å². The van der Waals surface area contributed by atoms with Gasteiger partial charge in [0.1, 0.15) is 0 Å². The zero-order valence-corrected chi connectivity index (χ0v) is 14.9. The van der Waals surface area contributed by atoms with Crippen LogP contribution < -0.4 is 12.4 Å². The monoisotopic (exact) mass is 406 g/mol. The van der Waals surface area contributed by atoms with E-state index in [9.17, 15) is 0 Å². The molecule has 0 aromatic heterocycles. The Morgan fingerprint density at radius 2 is 0.550 bits per heavy atom. The molecular weight excluding hydrogens is 392 g/mol. The second-order valence-electron chi connectivity index (χ2n) is 3.23. The minimum atomic E-state index is 0. The molecule has 0 N–H and O–H groups in total. The van der Waals surface area contributed by atoms with Crippen molar-refractivity contribution in [3.05, 3.63) is 109 Å². The van der Waals surface area contributed by atoms with Crippen molar-refractivity contribution in [3.63, 3.8) is 0 Å². The van der Waals surface area contributed by atoms with Crippen molar-refractivity contribution in [1.82, 2.24) is 0 Å². The Labute approximate surface area is 162 Å². The predicted molar refractivity (Wildman–Crippen MR) is 75.8 cm³/mol. The second kappa shape index (κ2) is 18.3. The van der Waals surface area contributed by atoms with Crippen molar-refractivity contribution in [2.75, 3.05) is 0 Å². The molecule has 3 rings (SSSR count). The Morgan fingerprint density at radius 3 is 0.600 bits per heavy atom. The van der Waals surface area contributed by atoms with Gasteiger partial charge < -0.3 is 12.4 Å². The van der Waals surface area contributed by atoms with Crippen LogP contribution in [0.4, 0.5) is 0 Å². The summed E-state index contributed by atoms with van der Waals surface area (Å²) in [4.78, 5) is 0. The van der Waals surface area contributed by atoms with Gasteiger partial charge in [-0.15, -0.1) is 0 Å². The predicted octanol–water partition coefficient (Wildman–Crippen LogP) is 1.46. The quantitative estimate of drug-likeness (QED) is 0.496. The van der Waals surface area contributed by atoms with Gasteiger partial charge in [0.05, 0.1) is 0 Å². The standard InChI is InChI=1S/3C6H5.Ce.ClH/c3*1-2-4-6-5-3-1;;/h3*1-5H;;1H/q3*-1;+4;/p-1. The maximum absolute atomic E-state index is 2.89. The molecule has 3 aromatic carbocycles. The summed E-state index contributed by atoms with van der Waals surface area (Å²) in [6, 6.07) is 37.5. The van der Waals surface area contributed by atoms with Crippen LogP contribution in [-0.4, -0.2) is 0 Å². The molecule has 0 saturated carbocycles. The summed E-state index contributed by atoms with van der Waals surface area (Å²) in [5, 5.41) is 0. The maximum Gasteiger partial charge on any atom is 4.00 e. The number of hydrogen-bond donors (Lipinski definition) is 0. The molecule has 2 heteroatoms. The maximum atomic E-state index is 2.89. The largest absolute Gasteiger partial charge is 4.00 e. The van der Waals surface area contributed by atoms with Gasteiger partial charge in [-0.05, 0) is 0 Å². The SMILES string of the molecule is [Ce+4].[Cl-].[c-]1ccccc1.[c-]1ccccc1.[c-]1ccccc1. The van der Waals surface area contributed by atoms with Crippen molar-refractivity contribution >= 4 is 0 Å². The van der Waals surface area contributed by atoms with Crippen molar-refractivity contribution in [1.29, 1.82) is 0 Å². The molecule has 0 amide bonds. The summed E-state index contributed by atoms with van der Waals surface area (Å²) in [5.41, 5.74) is 0. The van der Waals surface area contributed by atoms with Crippen LogP contribution in [0.5, 0.6) is 0 Å². The fourth-order valence-electron chi connectivity index (χ4n) is 1.03. The van der Waals surface area contributed by atoms with Crippen LogP contribution in [0.1, 0.15) is 0 Å². The van der Waals surface area contributed by atoms with Gasteiger partial charge in [-0.25, -0.2) is 0 Å². The molecule has 3 aromatic rings. The molecule has 20 heavy (non-hydrogen) atoms. The van der Waals surface area contributed by atoms with Gasteiger partial charge in [0, 0.05) is 0 Å². The fraction of sp³-hybridized carbons (Fsp3) is 0. The van der Waals surface area contributed by atoms with E-state index in [1.54, 1.807) is 0 Å². The summed E-state index contributed by atoms with van der Waals surface area (Å²) in [6.07, 6.45) is 0. The summed E-state index contributed by atoms with van der Waals surface area (Å²) in [5.74, 6) is 0. The van der Waals surface area contributed by atoms with Crippen molar-refractivity contribution in [2.24, 2.45) is 0 Å². The van der Waals surface area contributed by atoms with Gasteiger partial charge in [-0.3, -0.25) is 0 Å². The van der Waals surface area contributed by atoms with Gasteiger partial charge in [0.15, 0.2) is 0 Å². The van der Waals surface area contributed by atoms with E-state index in [2.05, 4.69) is 18.2 Å². The molecule has 0 unspecified atom stereocenters. The van der Waals surface area contributed by atoms with Gasteiger partial charge in [0.2, 0.25) is 0 Å². The first-order valence-corrected chi connectivity index (χ1v) is 5.73. The van der Waals surface area contributed by atoms with Crippen LogP contribution in [0.3, 0.4) is 0 Å². The summed E-state index contributed by atoms with van der Waals surface area (Å²) >= 11 is 0. The molecule has 0 fully saturated rings. The summed E-state index contributed by atoms with van der Waals surface area (Å²) in [7, 11) is 0. The van der Waals surface area contributed by atoms with Gasteiger partial charge >= 0.3 is 41.7 Å². The second-order valence-corrected chi connectivity index (χ2v) is 3.23. The number of halogens is 1. The summed E-state index contributed by atoms with van der Waals surface area (Å²) < 4.78 is 0. The van der Waals surface area contributed by atoms with Crippen LogP contribution in [0.2, 0.25) is 0 Å². The van der Waals surface area contributed by atoms with Crippen LogP contribution in [-0.2, 0) is 0 Å². The number of benzene rings is 3. The Bertz CT molecular complexity index is 302. The number of rotatable bonds is 0. The van der Waals surface area contributed by atoms with Crippen LogP contribution >= 0.6 is 0 Å². The van der Waals surface area contributed by atoms with E-state index in [1.165, 1.54) is 0 Å². The third-order valence-electron chi connectivity index (χ3n) is 1.82. The molecule has 0 heterocycles. The van der Waals surface area contributed by atoms with E-state index in [4.69, 9.17) is 0 Å². The Kier molecular flexibility index (Phi) is 19.8. The first-order chi connectivity index (χ1) is 9.00. The Morgan fingerprint density at radius 1 is 0.350 bits per heavy atom. The average Bonchev–Trinajstić information content (AvgIpc) is 2.54. The molecule has 0 atom stereocenters. The van der Waals surface area contributed by atoms with E-state index in [1.807, 2.05) is 91.0 Å². The average molecular weight is 407 g/mol. The molecule has 98 valence electrons. The van der Waals surface area contributed by atoms with E-state index in [-0.39, 0.29) is 54.2 Å². The zero-order chi connectivity index (χ0) is 12.7. The minimum Gasteiger partial charge on any atom is -1.00 e. The molecule has 0 aliphatic heterocycles. The summed E-state index contributed by atoms with van der Waals surface area (Å²) in [6.45, 7) is 0. The molecule has 0 bridgehead atoms. The van der Waals surface area contributed by atoms with Gasteiger partial charge in [0.25, 0.3) is 0 Å². The van der Waals surface area contributed by atoms with E-state index in [0.29, 0.717) is 0 Å². The van der Waals surface area contributed by atoms with Crippen molar-refractivity contribution in [3.8, 4) is 0 Å².